The predicted molar refractivity (Wildman–Crippen MR) is 106 cm³/mol. The van der Waals surface area contributed by atoms with E-state index in [2.05, 4.69) is 5.32 Å². The minimum absolute atomic E-state index is 0.214. The van der Waals surface area contributed by atoms with Gasteiger partial charge in [-0.1, -0.05) is 24.3 Å². The summed E-state index contributed by atoms with van der Waals surface area (Å²) in [5, 5.41) is 12.2. The van der Waals surface area contributed by atoms with Gasteiger partial charge in [-0.05, 0) is 56.5 Å². The van der Waals surface area contributed by atoms with Crippen LogP contribution >= 0.6 is 0 Å². The summed E-state index contributed by atoms with van der Waals surface area (Å²) >= 11 is 0. The van der Waals surface area contributed by atoms with Crippen molar-refractivity contribution in [2.24, 2.45) is 5.92 Å². The van der Waals surface area contributed by atoms with Gasteiger partial charge in [0, 0.05) is 29.4 Å². The van der Waals surface area contributed by atoms with Crippen molar-refractivity contribution >= 4 is 23.5 Å². The fraction of sp³-hybridized carbons (Fsp3) is 0.318. The molecule has 1 aliphatic rings. The molecule has 3 rings (SSSR count). The third-order valence-electron chi connectivity index (χ3n) is 5.33. The normalized spacial score (nSPS) is 19.1. The summed E-state index contributed by atoms with van der Waals surface area (Å²) < 4.78 is 0. The van der Waals surface area contributed by atoms with Crippen LogP contribution in [0.4, 0.5) is 5.69 Å². The van der Waals surface area contributed by atoms with Crippen molar-refractivity contribution in [3.05, 3.63) is 65.2 Å². The molecule has 1 aliphatic heterocycles. The average Bonchev–Trinajstić information content (AvgIpc) is 2.69. The first kappa shape index (κ1) is 19.6. The third kappa shape index (κ3) is 4.06. The van der Waals surface area contributed by atoms with E-state index in [4.69, 9.17) is 0 Å². The largest absolute Gasteiger partial charge is 0.481 e. The number of nitrogens with one attached hydrogen (secondary N) is 1. The highest BCUT2D eigenvalue weighted by molar-refractivity contribution is 6.05. The number of hydrogen-bond donors (Lipinski definition) is 2. The number of anilines is 1. The van der Waals surface area contributed by atoms with Gasteiger partial charge in [0.1, 0.15) is 0 Å². The summed E-state index contributed by atoms with van der Waals surface area (Å²) in [4.78, 5) is 38.5. The zero-order valence-corrected chi connectivity index (χ0v) is 16.0. The number of amides is 2. The fourth-order valence-corrected chi connectivity index (χ4v) is 3.60. The first-order valence-electron chi connectivity index (χ1n) is 9.39. The van der Waals surface area contributed by atoms with Crippen molar-refractivity contribution in [1.29, 1.82) is 0 Å². The molecule has 6 nitrogen and oxygen atoms in total. The van der Waals surface area contributed by atoms with Crippen molar-refractivity contribution in [3.8, 4) is 0 Å². The molecule has 0 aromatic heterocycles. The Kier molecular flexibility index (Phi) is 5.78. The number of rotatable bonds is 4. The Balaban J connectivity index is 1.81. The molecule has 0 radical (unpaired) electrons. The summed E-state index contributed by atoms with van der Waals surface area (Å²) in [6, 6.07) is 13.7. The molecule has 1 heterocycles. The molecule has 2 N–H and O–H groups in total. The average molecular weight is 380 g/mol. The maximum absolute atomic E-state index is 13.0. The van der Waals surface area contributed by atoms with Crippen molar-refractivity contribution in [1.82, 2.24) is 4.90 Å². The summed E-state index contributed by atoms with van der Waals surface area (Å²) in [5.74, 6) is -1.88. The van der Waals surface area contributed by atoms with Crippen LogP contribution in [0.2, 0.25) is 0 Å². The van der Waals surface area contributed by atoms with Crippen LogP contribution in [-0.2, 0) is 4.79 Å². The van der Waals surface area contributed by atoms with Gasteiger partial charge in [-0.15, -0.1) is 0 Å². The van der Waals surface area contributed by atoms with E-state index in [0.717, 1.165) is 5.56 Å². The van der Waals surface area contributed by atoms with Crippen LogP contribution in [0.1, 0.15) is 46.0 Å². The van der Waals surface area contributed by atoms with Gasteiger partial charge in [-0.3, -0.25) is 14.4 Å². The van der Waals surface area contributed by atoms with Crippen LogP contribution in [0.5, 0.6) is 0 Å². The zero-order valence-electron chi connectivity index (χ0n) is 16.0. The number of benzene rings is 2. The quantitative estimate of drug-likeness (QED) is 0.849. The lowest BCUT2D eigenvalue weighted by molar-refractivity contribution is -0.144. The van der Waals surface area contributed by atoms with Gasteiger partial charge in [0.2, 0.25) is 0 Å². The minimum Gasteiger partial charge on any atom is -0.481 e. The highest BCUT2D eigenvalue weighted by Gasteiger charge is 2.35. The van der Waals surface area contributed by atoms with Gasteiger partial charge < -0.3 is 15.3 Å². The number of carboxylic acids is 1. The molecule has 1 saturated heterocycles. The summed E-state index contributed by atoms with van der Waals surface area (Å²) in [6.07, 6.45) is 1.24. The number of carbonyl (C=O) groups is 3. The number of piperidine rings is 1. The molecule has 0 aliphatic carbocycles. The lowest BCUT2D eigenvalue weighted by Crippen LogP contribution is -2.49. The van der Waals surface area contributed by atoms with Gasteiger partial charge in [0.05, 0.1) is 5.92 Å². The van der Waals surface area contributed by atoms with E-state index in [0.29, 0.717) is 36.2 Å². The molecule has 1 fully saturated rings. The van der Waals surface area contributed by atoms with Crippen LogP contribution in [0.15, 0.2) is 48.5 Å². The second kappa shape index (κ2) is 8.25. The Morgan fingerprint density at radius 2 is 1.79 bits per heavy atom. The van der Waals surface area contributed by atoms with Crippen molar-refractivity contribution in [2.75, 3.05) is 11.9 Å². The van der Waals surface area contributed by atoms with Crippen LogP contribution in [0.25, 0.3) is 0 Å². The highest BCUT2D eigenvalue weighted by atomic mass is 16.4. The van der Waals surface area contributed by atoms with Gasteiger partial charge >= 0.3 is 5.97 Å². The number of nitrogens with zero attached hydrogens (tertiary/aromatic N) is 1. The summed E-state index contributed by atoms with van der Waals surface area (Å²) in [7, 11) is 0. The third-order valence-corrected chi connectivity index (χ3v) is 5.33. The summed E-state index contributed by atoms with van der Waals surface area (Å²) in [5.41, 5.74) is 2.38. The predicted octanol–water partition coefficient (Wildman–Crippen LogP) is 3.57. The Bertz CT molecular complexity index is 895. The molecule has 28 heavy (non-hydrogen) atoms. The highest BCUT2D eigenvalue weighted by Crippen LogP contribution is 2.27. The fourth-order valence-electron chi connectivity index (χ4n) is 3.60. The number of likely N-dealkylation sites (tertiary alicyclic amines) is 1. The van der Waals surface area contributed by atoms with Crippen molar-refractivity contribution in [3.63, 3.8) is 0 Å². The minimum atomic E-state index is -0.871. The Morgan fingerprint density at radius 3 is 2.46 bits per heavy atom. The first-order chi connectivity index (χ1) is 13.4. The monoisotopic (exact) mass is 380 g/mol. The maximum Gasteiger partial charge on any atom is 0.308 e. The van der Waals surface area contributed by atoms with Gasteiger partial charge in [0.25, 0.3) is 11.8 Å². The molecule has 146 valence electrons. The second-order valence-electron chi connectivity index (χ2n) is 7.18. The number of carboxylic acid groups (broad SMARTS) is 1. The van der Waals surface area contributed by atoms with E-state index >= 15 is 0 Å². The van der Waals surface area contributed by atoms with Gasteiger partial charge in [-0.25, -0.2) is 0 Å². The molecular formula is C22H24N2O4. The number of aryl methyl sites for hydroxylation is 1. The van der Waals surface area contributed by atoms with E-state index in [1.165, 1.54) is 0 Å². The SMILES string of the molecule is Cc1ccc(C(=O)N2CCC[C@@H](C(=O)O)[C@H]2C)cc1NC(=O)c1ccccc1. The Hall–Kier alpha value is -3.15. The molecule has 0 bridgehead atoms. The summed E-state index contributed by atoms with van der Waals surface area (Å²) in [6.45, 7) is 4.17. The van der Waals surface area contributed by atoms with Crippen molar-refractivity contribution < 1.29 is 19.5 Å². The number of carbonyl (C=O) groups excluding carboxylic acids is 2. The van der Waals surface area contributed by atoms with E-state index in [1.807, 2.05) is 13.0 Å². The molecule has 2 atom stereocenters. The molecule has 0 saturated carbocycles. The first-order valence-corrected chi connectivity index (χ1v) is 9.39. The molecule has 2 amide bonds. The molecule has 0 unspecified atom stereocenters. The Morgan fingerprint density at radius 1 is 1.07 bits per heavy atom. The van der Waals surface area contributed by atoms with E-state index in [1.54, 1.807) is 54.3 Å². The maximum atomic E-state index is 13.0. The second-order valence-corrected chi connectivity index (χ2v) is 7.18. The molecule has 0 spiro atoms. The molecule has 2 aromatic rings. The lowest BCUT2D eigenvalue weighted by Gasteiger charge is -2.37. The zero-order chi connectivity index (χ0) is 20.3. The number of aliphatic carboxylic acids is 1. The molecule has 2 aromatic carbocycles. The number of hydrogen-bond acceptors (Lipinski definition) is 3. The van der Waals surface area contributed by atoms with E-state index in [9.17, 15) is 19.5 Å². The van der Waals surface area contributed by atoms with Gasteiger partial charge in [-0.2, -0.15) is 0 Å². The van der Waals surface area contributed by atoms with Gasteiger partial charge in [0.15, 0.2) is 0 Å². The van der Waals surface area contributed by atoms with Crippen LogP contribution in [-0.4, -0.2) is 40.4 Å². The Labute approximate surface area is 164 Å². The van der Waals surface area contributed by atoms with Crippen molar-refractivity contribution in [2.45, 2.75) is 32.7 Å². The van der Waals surface area contributed by atoms with Crippen LogP contribution in [0.3, 0.4) is 0 Å². The molecule has 6 heteroatoms. The lowest BCUT2D eigenvalue weighted by atomic mass is 9.89. The van der Waals surface area contributed by atoms with E-state index in [-0.39, 0.29) is 17.9 Å². The van der Waals surface area contributed by atoms with Crippen LogP contribution < -0.4 is 5.32 Å². The van der Waals surface area contributed by atoms with E-state index < -0.39 is 11.9 Å². The molecular weight excluding hydrogens is 356 g/mol. The standard InChI is InChI=1S/C22H24N2O4/c1-14-10-11-17(13-19(14)23-20(25)16-7-4-3-5-8-16)21(26)24-12-6-9-18(15(24)2)22(27)28/h3-5,7-8,10-11,13,15,18H,6,9,12H2,1-2H3,(H,23,25)(H,27,28)/t15-,18-/m1/s1. The topological polar surface area (TPSA) is 86.7 Å². The van der Waals surface area contributed by atoms with Crippen LogP contribution in [0, 0.1) is 12.8 Å². The smallest absolute Gasteiger partial charge is 0.308 e.